The number of thioether (sulfide) groups is 2. The van der Waals surface area contributed by atoms with Crippen molar-refractivity contribution in [1.82, 2.24) is 20.1 Å². The minimum atomic E-state index is 0.376. The molecule has 1 aliphatic heterocycles. The molecule has 6 heteroatoms. The van der Waals surface area contributed by atoms with E-state index >= 15 is 0 Å². The van der Waals surface area contributed by atoms with Crippen LogP contribution in [0, 0.1) is 0 Å². The summed E-state index contributed by atoms with van der Waals surface area (Å²) in [6.45, 7) is 6.65. The van der Waals surface area contributed by atoms with Crippen LogP contribution in [0.4, 0.5) is 0 Å². The van der Waals surface area contributed by atoms with Gasteiger partial charge in [-0.05, 0) is 20.9 Å². The van der Waals surface area contributed by atoms with E-state index in [1.54, 1.807) is 6.33 Å². The van der Waals surface area contributed by atoms with E-state index in [0.717, 1.165) is 12.2 Å². The Labute approximate surface area is 124 Å². The molecule has 1 aromatic heterocycles. The number of hydrogen-bond donors (Lipinski definition) is 1. The molecule has 2 rings (SSSR count). The summed E-state index contributed by atoms with van der Waals surface area (Å²) in [6, 6.07) is 0.843. The number of hydrogen-bond acceptors (Lipinski definition) is 5. The molecule has 1 aromatic rings. The summed E-state index contributed by atoms with van der Waals surface area (Å²) >= 11 is 4.19. The predicted octanol–water partition coefficient (Wildman–Crippen LogP) is 2.23. The molecule has 1 N–H and O–H groups in total. The zero-order valence-electron chi connectivity index (χ0n) is 12.2. The maximum Gasteiger partial charge on any atom is 0.138 e. The van der Waals surface area contributed by atoms with Gasteiger partial charge < -0.3 is 5.32 Å². The van der Waals surface area contributed by atoms with Gasteiger partial charge in [-0.25, -0.2) is 9.67 Å². The molecule has 0 aliphatic carbocycles. The fraction of sp³-hybridized carbons (Fsp3) is 0.846. The van der Waals surface area contributed by atoms with Gasteiger partial charge in [-0.3, -0.25) is 0 Å². The van der Waals surface area contributed by atoms with E-state index in [1.165, 1.54) is 11.5 Å². The minimum absolute atomic E-state index is 0.376. The van der Waals surface area contributed by atoms with Crippen LogP contribution < -0.4 is 5.32 Å². The first-order valence-electron chi connectivity index (χ1n) is 6.92. The number of likely N-dealkylation sites (N-methyl/N-ethyl adjacent to an activating group) is 1. The monoisotopic (exact) mass is 300 g/mol. The lowest BCUT2D eigenvalue weighted by Crippen LogP contribution is -2.44. The molecular weight excluding hydrogens is 276 g/mol. The van der Waals surface area contributed by atoms with E-state index < -0.39 is 0 Å². The van der Waals surface area contributed by atoms with Crippen LogP contribution in [0.2, 0.25) is 0 Å². The van der Waals surface area contributed by atoms with Crippen LogP contribution in [-0.4, -0.2) is 49.9 Å². The van der Waals surface area contributed by atoms with Crippen molar-refractivity contribution < 1.29 is 0 Å². The molecule has 0 spiro atoms. The van der Waals surface area contributed by atoms with Crippen molar-refractivity contribution in [2.75, 3.05) is 18.6 Å². The first kappa shape index (κ1) is 15.2. The van der Waals surface area contributed by atoms with Crippen molar-refractivity contribution in [3.05, 3.63) is 12.2 Å². The van der Waals surface area contributed by atoms with Gasteiger partial charge in [0.2, 0.25) is 0 Å². The number of rotatable bonds is 5. The second-order valence-electron chi connectivity index (χ2n) is 5.23. The maximum atomic E-state index is 4.44. The smallest absolute Gasteiger partial charge is 0.138 e. The topological polar surface area (TPSA) is 42.7 Å². The summed E-state index contributed by atoms with van der Waals surface area (Å²) in [6.07, 6.45) is 2.63. The Morgan fingerprint density at radius 1 is 1.42 bits per heavy atom. The minimum Gasteiger partial charge on any atom is -0.315 e. The molecule has 0 aromatic carbocycles. The molecule has 4 nitrogen and oxygen atoms in total. The highest BCUT2D eigenvalue weighted by molar-refractivity contribution is 8.07. The van der Waals surface area contributed by atoms with Crippen LogP contribution in [0.1, 0.15) is 32.6 Å². The number of nitrogens with one attached hydrogen (secondary N) is 1. The van der Waals surface area contributed by atoms with Crippen LogP contribution in [0.3, 0.4) is 0 Å². The number of aromatic nitrogens is 3. The SMILES string of the molecule is CNC(Cc1ncnn1C(C)C)C1SCCSC1C. The van der Waals surface area contributed by atoms with Gasteiger partial charge in [0.25, 0.3) is 0 Å². The van der Waals surface area contributed by atoms with Crippen molar-refractivity contribution in [2.24, 2.45) is 0 Å². The summed E-state index contributed by atoms with van der Waals surface area (Å²) in [5.41, 5.74) is 0. The molecule has 0 saturated carbocycles. The van der Waals surface area contributed by atoms with Gasteiger partial charge in [0, 0.05) is 40.5 Å². The third-order valence-corrected chi connectivity index (χ3v) is 6.79. The van der Waals surface area contributed by atoms with E-state index in [-0.39, 0.29) is 0 Å². The Morgan fingerprint density at radius 2 is 2.16 bits per heavy atom. The van der Waals surface area contributed by atoms with Gasteiger partial charge in [0.15, 0.2) is 0 Å². The van der Waals surface area contributed by atoms with Gasteiger partial charge in [0.1, 0.15) is 12.2 Å². The lowest BCUT2D eigenvalue weighted by atomic mass is 10.1. The summed E-state index contributed by atoms with van der Waals surface area (Å²) in [5.74, 6) is 3.63. The number of nitrogens with zero attached hydrogens (tertiary/aromatic N) is 3. The maximum absolute atomic E-state index is 4.44. The Balaban J connectivity index is 2.07. The highest BCUT2D eigenvalue weighted by atomic mass is 32.2. The molecule has 108 valence electrons. The summed E-state index contributed by atoms with van der Waals surface area (Å²) in [7, 11) is 2.06. The van der Waals surface area contributed by atoms with Crippen molar-refractivity contribution in [3.8, 4) is 0 Å². The second kappa shape index (κ2) is 6.99. The highest BCUT2D eigenvalue weighted by Crippen LogP contribution is 2.33. The second-order valence-corrected chi connectivity index (χ2v) is 8.00. The van der Waals surface area contributed by atoms with Crippen molar-refractivity contribution in [2.45, 2.75) is 49.8 Å². The average molecular weight is 300 g/mol. The molecule has 19 heavy (non-hydrogen) atoms. The lowest BCUT2D eigenvalue weighted by molar-refractivity contribution is 0.462. The van der Waals surface area contributed by atoms with E-state index in [9.17, 15) is 0 Å². The molecule has 0 bridgehead atoms. The zero-order chi connectivity index (χ0) is 13.8. The summed E-state index contributed by atoms with van der Waals surface area (Å²) in [4.78, 5) is 4.44. The Morgan fingerprint density at radius 3 is 2.79 bits per heavy atom. The standard InChI is InChI=1S/C13H24N4S2/c1-9(2)17-12(15-8-16-17)7-11(14-4)13-10(3)18-5-6-19-13/h8-11,13-14H,5-7H2,1-4H3. The van der Waals surface area contributed by atoms with Crippen LogP contribution in [0.25, 0.3) is 0 Å². The predicted molar refractivity (Wildman–Crippen MR) is 85.1 cm³/mol. The van der Waals surface area contributed by atoms with Crippen molar-refractivity contribution in [1.29, 1.82) is 0 Å². The third kappa shape index (κ3) is 3.67. The Bertz CT molecular complexity index is 394. The zero-order valence-corrected chi connectivity index (χ0v) is 13.8. The van der Waals surface area contributed by atoms with Crippen LogP contribution in [0.15, 0.2) is 6.33 Å². The van der Waals surface area contributed by atoms with Gasteiger partial charge >= 0.3 is 0 Å². The highest BCUT2D eigenvalue weighted by Gasteiger charge is 2.30. The van der Waals surface area contributed by atoms with Gasteiger partial charge in [-0.2, -0.15) is 28.6 Å². The molecular formula is C13H24N4S2. The van der Waals surface area contributed by atoms with Gasteiger partial charge in [-0.1, -0.05) is 6.92 Å². The molecule has 2 heterocycles. The Hall–Kier alpha value is -0.200. The molecule has 1 fully saturated rings. The quantitative estimate of drug-likeness (QED) is 0.903. The molecule has 3 unspecified atom stereocenters. The summed E-state index contributed by atoms with van der Waals surface area (Å²) in [5, 5.41) is 9.18. The van der Waals surface area contributed by atoms with Crippen LogP contribution in [0.5, 0.6) is 0 Å². The largest absolute Gasteiger partial charge is 0.315 e. The van der Waals surface area contributed by atoms with E-state index in [1.807, 2.05) is 4.68 Å². The fourth-order valence-electron chi connectivity index (χ4n) is 2.52. The molecule has 3 atom stereocenters. The lowest BCUT2D eigenvalue weighted by Gasteiger charge is -2.34. The average Bonchev–Trinajstić information content (AvgIpc) is 2.85. The molecule has 1 saturated heterocycles. The normalized spacial score (nSPS) is 25.7. The summed E-state index contributed by atoms with van der Waals surface area (Å²) < 4.78 is 2.04. The van der Waals surface area contributed by atoms with Gasteiger partial charge in [-0.15, -0.1) is 0 Å². The third-order valence-electron chi connectivity index (χ3n) is 3.54. The van der Waals surface area contributed by atoms with E-state index in [4.69, 9.17) is 0 Å². The first-order chi connectivity index (χ1) is 9.13. The molecule has 0 radical (unpaired) electrons. The fourth-order valence-corrected chi connectivity index (χ4v) is 5.52. The molecule has 1 aliphatic rings. The first-order valence-corrected chi connectivity index (χ1v) is 9.02. The van der Waals surface area contributed by atoms with E-state index in [0.29, 0.717) is 22.6 Å². The van der Waals surface area contributed by atoms with Crippen LogP contribution >= 0.6 is 23.5 Å². The van der Waals surface area contributed by atoms with E-state index in [2.05, 4.69) is 66.7 Å². The van der Waals surface area contributed by atoms with Crippen molar-refractivity contribution >= 4 is 23.5 Å². The van der Waals surface area contributed by atoms with Gasteiger partial charge in [0.05, 0.1) is 0 Å². The Kier molecular flexibility index (Phi) is 5.59. The van der Waals surface area contributed by atoms with Crippen molar-refractivity contribution in [3.63, 3.8) is 0 Å². The molecule has 0 amide bonds. The van der Waals surface area contributed by atoms with Crippen LogP contribution in [-0.2, 0) is 6.42 Å².